The molecule has 1 aromatic carbocycles. The Balaban J connectivity index is 1.66. The summed E-state index contributed by atoms with van der Waals surface area (Å²) in [5.74, 6) is 1.02. The van der Waals surface area contributed by atoms with E-state index in [2.05, 4.69) is 11.4 Å². The minimum absolute atomic E-state index is 0.498. The highest BCUT2D eigenvalue weighted by atomic mass is 16.3. The molecule has 17 heavy (non-hydrogen) atoms. The molecule has 2 heteroatoms. The SMILES string of the molecule is Oc1cccc2c1C(CNC1CCCC1)CC2. The van der Waals surface area contributed by atoms with Crippen LogP contribution in [0.2, 0.25) is 0 Å². The van der Waals surface area contributed by atoms with E-state index in [0.29, 0.717) is 11.7 Å². The molecule has 0 amide bonds. The molecule has 0 heterocycles. The van der Waals surface area contributed by atoms with Crippen molar-refractivity contribution in [2.24, 2.45) is 0 Å². The van der Waals surface area contributed by atoms with E-state index in [9.17, 15) is 5.11 Å². The van der Waals surface area contributed by atoms with Crippen LogP contribution in [0, 0.1) is 0 Å². The van der Waals surface area contributed by atoms with Crippen LogP contribution in [0.5, 0.6) is 5.75 Å². The number of phenols is 1. The molecule has 0 saturated heterocycles. The normalized spacial score (nSPS) is 24.1. The van der Waals surface area contributed by atoms with E-state index in [1.807, 2.05) is 12.1 Å². The van der Waals surface area contributed by atoms with Crippen molar-refractivity contribution in [2.75, 3.05) is 6.54 Å². The highest BCUT2D eigenvalue weighted by molar-refractivity contribution is 5.45. The lowest BCUT2D eigenvalue weighted by molar-refractivity contribution is 0.448. The molecule has 2 nitrogen and oxygen atoms in total. The predicted octanol–water partition coefficient (Wildman–Crippen LogP) is 2.95. The fraction of sp³-hybridized carbons (Fsp3) is 0.600. The third kappa shape index (κ3) is 2.19. The molecule has 0 aliphatic heterocycles. The largest absolute Gasteiger partial charge is 0.508 e. The molecular formula is C15H21NO. The van der Waals surface area contributed by atoms with Gasteiger partial charge in [0.15, 0.2) is 0 Å². The summed E-state index contributed by atoms with van der Waals surface area (Å²) in [4.78, 5) is 0. The van der Waals surface area contributed by atoms with E-state index in [4.69, 9.17) is 0 Å². The Labute approximate surface area is 103 Å². The van der Waals surface area contributed by atoms with Crippen molar-refractivity contribution in [3.63, 3.8) is 0 Å². The lowest BCUT2D eigenvalue weighted by atomic mass is 10.00. The van der Waals surface area contributed by atoms with Gasteiger partial charge in [-0.05, 0) is 37.3 Å². The van der Waals surface area contributed by atoms with Crippen molar-refractivity contribution in [1.82, 2.24) is 5.32 Å². The van der Waals surface area contributed by atoms with Crippen LogP contribution in [-0.4, -0.2) is 17.7 Å². The number of fused-ring (bicyclic) bond motifs is 1. The van der Waals surface area contributed by atoms with Crippen molar-refractivity contribution < 1.29 is 5.11 Å². The number of benzene rings is 1. The van der Waals surface area contributed by atoms with Crippen LogP contribution in [0.4, 0.5) is 0 Å². The van der Waals surface area contributed by atoms with Crippen molar-refractivity contribution in [3.05, 3.63) is 29.3 Å². The number of rotatable bonds is 3. The first-order valence-electron chi connectivity index (χ1n) is 6.89. The third-order valence-corrected chi connectivity index (χ3v) is 4.35. The van der Waals surface area contributed by atoms with Crippen molar-refractivity contribution in [3.8, 4) is 5.75 Å². The van der Waals surface area contributed by atoms with Crippen molar-refractivity contribution in [2.45, 2.75) is 50.5 Å². The molecule has 1 atom stereocenters. The number of aromatic hydroxyl groups is 1. The van der Waals surface area contributed by atoms with Crippen molar-refractivity contribution in [1.29, 1.82) is 0 Å². The quantitative estimate of drug-likeness (QED) is 0.838. The fourth-order valence-electron chi connectivity index (χ4n) is 3.41. The third-order valence-electron chi connectivity index (χ3n) is 4.35. The molecule has 2 N–H and O–H groups in total. The Hall–Kier alpha value is -1.02. The Kier molecular flexibility index (Phi) is 3.06. The van der Waals surface area contributed by atoms with E-state index in [1.165, 1.54) is 43.2 Å². The van der Waals surface area contributed by atoms with Crippen LogP contribution in [0.1, 0.15) is 49.1 Å². The van der Waals surface area contributed by atoms with Gasteiger partial charge in [0.1, 0.15) is 5.75 Å². The van der Waals surface area contributed by atoms with Gasteiger partial charge in [-0.1, -0.05) is 25.0 Å². The zero-order chi connectivity index (χ0) is 11.7. The van der Waals surface area contributed by atoms with Gasteiger partial charge < -0.3 is 10.4 Å². The van der Waals surface area contributed by atoms with Gasteiger partial charge in [0.05, 0.1) is 0 Å². The number of hydrogen-bond acceptors (Lipinski definition) is 2. The molecule has 1 fully saturated rings. The minimum Gasteiger partial charge on any atom is -0.508 e. The second kappa shape index (κ2) is 4.69. The first-order chi connectivity index (χ1) is 8.34. The van der Waals surface area contributed by atoms with E-state index < -0.39 is 0 Å². The van der Waals surface area contributed by atoms with Gasteiger partial charge in [-0.25, -0.2) is 0 Å². The topological polar surface area (TPSA) is 32.3 Å². The second-order valence-electron chi connectivity index (χ2n) is 5.48. The molecule has 92 valence electrons. The van der Waals surface area contributed by atoms with Gasteiger partial charge in [-0.15, -0.1) is 0 Å². The molecule has 0 spiro atoms. The summed E-state index contributed by atoms with van der Waals surface area (Å²) in [6.07, 6.45) is 7.74. The average Bonchev–Trinajstić information content (AvgIpc) is 2.95. The first-order valence-corrected chi connectivity index (χ1v) is 6.89. The van der Waals surface area contributed by atoms with Crippen LogP contribution >= 0.6 is 0 Å². The minimum atomic E-state index is 0.498. The highest BCUT2D eigenvalue weighted by Crippen LogP contribution is 2.38. The smallest absolute Gasteiger partial charge is 0.119 e. The zero-order valence-corrected chi connectivity index (χ0v) is 10.3. The number of phenolic OH excluding ortho intramolecular Hbond substituents is 1. The maximum atomic E-state index is 9.97. The highest BCUT2D eigenvalue weighted by Gasteiger charge is 2.26. The summed E-state index contributed by atoms with van der Waals surface area (Å²) in [6.45, 7) is 1.04. The van der Waals surface area contributed by atoms with Crippen LogP contribution in [0.25, 0.3) is 0 Å². The maximum Gasteiger partial charge on any atom is 0.119 e. The Morgan fingerprint density at radius 3 is 2.82 bits per heavy atom. The Morgan fingerprint density at radius 2 is 2.00 bits per heavy atom. The van der Waals surface area contributed by atoms with E-state index in [-0.39, 0.29) is 0 Å². The van der Waals surface area contributed by atoms with Crippen LogP contribution in [0.3, 0.4) is 0 Å². The Bertz CT molecular complexity index is 396. The van der Waals surface area contributed by atoms with Crippen LogP contribution in [0.15, 0.2) is 18.2 Å². The molecule has 0 bridgehead atoms. The summed E-state index contributed by atoms with van der Waals surface area (Å²) >= 11 is 0. The van der Waals surface area contributed by atoms with Gasteiger partial charge in [0, 0.05) is 24.1 Å². The zero-order valence-electron chi connectivity index (χ0n) is 10.3. The molecule has 2 aliphatic rings. The van der Waals surface area contributed by atoms with Gasteiger partial charge in [-0.2, -0.15) is 0 Å². The molecule has 3 rings (SSSR count). The summed E-state index contributed by atoms with van der Waals surface area (Å²) in [6, 6.07) is 6.67. The van der Waals surface area contributed by atoms with E-state index >= 15 is 0 Å². The molecule has 1 aromatic rings. The van der Waals surface area contributed by atoms with Gasteiger partial charge in [-0.3, -0.25) is 0 Å². The molecular weight excluding hydrogens is 210 g/mol. The monoisotopic (exact) mass is 231 g/mol. The molecule has 1 unspecified atom stereocenters. The lowest BCUT2D eigenvalue weighted by Gasteiger charge is -2.17. The van der Waals surface area contributed by atoms with E-state index in [1.54, 1.807) is 0 Å². The number of hydrogen-bond donors (Lipinski definition) is 2. The van der Waals surface area contributed by atoms with Crippen LogP contribution < -0.4 is 5.32 Å². The first kappa shape index (κ1) is 11.1. The molecule has 1 saturated carbocycles. The van der Waals surface area contributed by atoms with Gasteiger partial charge in [0.2, 0.25) is 0 Å². The number of aryl methyl sites for hydroxylation is 1. The van der Waals surface area contributed by atoms with Gasteiger partial charge in [0.25, 0.3) is 0 Å². The summed E-state index contributed by atoms with van der Waals surface area (Å²) in [5, 5.41) is 13.6. The van der Waals surface area contributed by atoms with E-state index in [0.717, 1.165) is 19.0 Å². The van der Waals surface area contributed by atoms with Crippen molar-refractivity contribution >= 4 is 0 Å². The average molecular weight is 231 g/mol. The van der Waals surface area contributed by atoms with Crippen LogP contribution in [-0.2, 0) is 6.42 Å². The lowest BCUT2D eigenvalue weighted by Crippen LogP contribution is -2.29. The summed E-state index contributed by atoms with van der Waals surface area (Å²) in [5.41, 5.74) is 2.56. The standard InChI is InChI=1S/C15H21NO/c17-14-7-3-4-11-8-9-12(15(11)14)10-16-13-5-1-2-6-13/h3-4,7,12-13,16-17H,1-2,5-6,8-10H2. The maximum absolute atomic E-state index is 9.97. The fourth-order valence-corrected chi connectivity index (χ4v) is 3.41. The number of nitrogens with one attached hydrogen (secondary N) is 1. The Morgan fingerprint density at radius 1 is 1.18 bits per heavy atom. The second-order valence-corrected chi connectivity index (χ2v) is 5.48. The summed E-state index contributed by atoms with van der Waals surface area (Å²) < 4.78 is 0. The predicted molar refractivity (Wildman–Crippen MR) is 69.4 cm³/mol. The molecule has 0 aromatic heterocycles. The van der Waals surface area contributed by atoms with Gasteiger partial charge >= 0.3 is 0 Å². The summed E-state index contributed by atoms with van der Waals surface area (Å²) in [7, 11) is 0. The molecule has 0 radical (unpaired) electrons. The molecule has 2 aliphatic carbocycles.